The molecule has 0 amide bonds. The van der Waals surface area contributed by atoms with Crippen molar-refractivity contribution in [2.45, 2.75) is 123 Å². The van der Waals surface area contributed by atoms with Crippen LogP contribution in [0.3, 0.4) is 0 Å². The van der Waals surface area contributed by atoms with Gasteiger partial charge in [0.2, 0.25) is 0 Å². The zero-order valence-electron chi connectivity index (χ0n) is 20.5. The smallest absolute Gasteiger partial charge is 0.305 e. The molecular formula is C23H48O4Si2. The largest absolute Gasteiger partial charge is 0.469 e. The van der Waals surface area contributed by atoms with E-state index in [0.29, 0.717) is 6.42 Å². The molecule has 0 rings (SSSR count). The quantitative estimate of drug-likeness (QED) is 0.104. The number of rotatable bonds is 17. The van der Waals surface area contributed by atoms with Crippen LogP contribution in [-0.4, -0.2) is 41.9 Å². The highest BCUT2D eigenvalue weighted by Crippen LogP contribution is 2.19. The van der Waals surface area contributed by atoms with E-state index < -0.39 is 16.6 Å². The van der Waals surface area contributed by atoms with Gasteiger partial charge >= 0.3 is 5.97 Å². The van der Waals surface area contributed by atoms with Crippen LogP contribution in [0.2, 0.25) is 39.3 Å². The SMILES string of the molecule is CCCCC[C@@H](/C=C/[C@H](CCCCCCC(=O)OC)O[Si](C)(C)C)O[Si](C)(C)C. The van der Waals surface area contributed by atoms with Crippen molar-refractivity contribution in [3.05, 3.63) is 12.2 Å². The van der Waals surface area contributed by atoms with Crippen LogP contribution in [0.15, 0.2) is 12.2 Å². The molecule has 0 aromatic carbocycles. The number of unbranched alkanes of at least 4 members (excludes halogenated alkanes) is 5. The van der Waals surface area contributed by atoms with Crippen molar-refractivity contribution in [2.75, 3.05) is 7.11 Å². The predicted molar refractivity (Wildman–Crippen MR) is 129 cm³/mol. The van der Waals surface area contributed by atoms with Gasteiger partial charge in [0.1, 0.15) is 0 Å². The Balaban J connectivity index is 4.70. The lowest BCUT2D eigenvalue weighted by atomic mass is 10.1. The second kappa shape index (κ2) is 15.4. The predicted octanol–water partition coefficient (Wildman–Crippen LogP) is 7.08. The zero-order valence-corrected chi connectivity index (χ0v) is 22.5. The minimum absolute atomic E-state index is 0.107. The summed E-state index contributed by atoms with van der Waals surface area (Å²) in [7, 11) is -1.73. The first-order valence-electron chi connectivity index (χ1n) is 11.6. The molecule has 0 unspecified atom stereocenters. The minimum Gasteiger partial charge on any atom is -0.469 e. The fourth-order valence-corrected chi connectivity index (χ4v) is 5.42. The Hall–Kier alpha value is -0.436. The van der Waals surface area contributed by atoms with Gasteiger partial charge in [0.05, 0.1) is 19.3 Å². The summed E-state index contributed by atoms with van der Waals surface area (Å²) in [5.74, 6) is -0.107. The van der Waals surface area contributed by atoms with Crippen LogP contribution >= 0.6 is 0 Å². The monoisotopic (exact) mass is 444 g/mol. The fourth-order valence-electron chi connectivity index (χ4n) is 3.21. The van der Waals surface area contributed by atoms with E-state index in [1.807, 2.05) is 0 Å². The Morgan fingerprint density at radius 2 is 1.21 bits per heavy atom. The number of carbonyl (C=O) groups is 1. The molecule has 2 atom stereocenters. The van der Waals surface area contributed by atoms with Crippen molar-refractivity contribution in [1.29, 1.82) is 0 Å². The highest BCUT2D eigenvalue weighted by atomic mass is 28.4. The number of methoxy groups -OCH3 is 1. The summed E-state index contributed by atoms with van der Waals surface area (Å²) in [4.78, 5) is 11.2. The van der Waals surface area contributed by atoms with Crippen molar-refractivity contribution in [2.24, 2.45) is 0 Å². The molecule has 0 aromatic heterocycles. The van der Waals surface area contributed by atoms with E-state index in [1.54, 1.807) is 0 Å². The lowest BCUT2D eigenvalue weighted by Crippen LogP contribution is -2.33. The first kappa shape index (κ1) is 28.6. The van der Waals surface area contributed by atoms with Crippen molar-refractivity contribution in [3.8, 4) is 0 Å². The maximum Gasteiger partial charge on any atom is 0.305 e. The molecule has 0 aliphatic heterocycles. The molecule has 29 heavy (non-hydrogen) atoms. The molecule has 0 radical (unpaired) electrons. The lowest BCUT2D eigenvalue weighted by Gasteiger charge is -2.27. The van der Waals surface area contributed by atoms with Gasteiger partial charge in [-0.3, -0.25) is 4.79 Å². The van der Waals surface area contributed by atoms with E-state index in [2.05, 4.69) is 58.4 Å². The summed E-state index contributed by atoms with van der Waals surface area (Å²) in [6.45, 7) is 15.8. The summed E-state index contributed by atoms with van der Waals surface area (Å²) < 4.78 is 17.6. The van der Waals surface area contributed by atoms with Crippen LogP contribution in [0.1, 0.15) is 71.1 Å². The highest BCUT2D eigenvalue weighted by molar-refractivity contribution is 6.70. The topological polar surface area (TPSA) is 44.8 Å². The van der Waals surface area contributed by atoms with Crippen LogP contribution in [0, 0.1) is 0 Å². The fraction of sp³-hybridized carbons (Fsp3) is 0.870. The first-order valence-corrected chi connectivity index (χ1v) is 18.4. The summed E-state index contributed by atoms with van der Waals surface area (Å²) in [5.41, 5.74) is 0. The van der Waals surface area contributed by atoms with Crippen LogP contribution in [0.4, 0.5) is 0 Å². The van der Waals surface area contributed by atoms with E-state index >= 15 is 0 Å². The van der Waals surface area contributed by atoms with E-state index in [4.69, 9.17) is 13.6 Å². The molecule has 0 aliphatic carbocycles. The summed E-state index contributed by atoms with van der Waals surface area (Å²) in [6.07, 6.45) is 15.5. The molecule has 6 heteroatoms. The van der Waals surface area contributed by atoms with Gasteiger partial charge in [0.25, 0.3) is 0 Å². The first-order chi connectivity index (χ1) is 13.5. The molecule has 0 aromatic rings. The van der Waals surface area contributed by atoms with Crippen molar-refractivity contribution < 1.29 is 18.4 Å². The molecule has 0 N–H and O–H groups in total. The summed E-state index contributed by atoms with van der Waals surface area (Å²) in [5, 5.41) is 0. The van der Waals surface area contributed by atoms with Gasteiger partial charge < -0.3 is 13.6 Å². The van der Waals surface area contributed by atoms with Gasteiger partial charge in [0.15, 0.2) is 16.6 Å². The molecule has 4 nitrogen and oxygen atoms in total. The van der Waals surface area contributed by atoms with Gasteiger partial charge in [-0.1, -0.05) is 57.6 Å². The Morgan fingerprint density at radius 3 is 1.62 bits per heavy atom. The van der Waals surface area contributed by atoms with Gasteiger partial charge in [-0.15, -0.1) is 0 Å². The maximum absolute atomic E-state index is 11.2. The van der Waals surface area contributed by atoms with E-state index in [9.17, 15) is 4.79 Å². The number of ether oxygens (including phenoxy) is 1. The van der Waals surface area contributed by atoms with Crippen LogP contribution in [0.5, 0.6) is 0 Å². The van der Waals surface area contributed by atoms with Crippen LogP contribution in [0.25, 0.3) is 0 Å². The van der Waals surface area contributed by atoms with Crippen LogP contribution in [-0.2, 0) is 18.4 Å². The second-order valence-electron chi connectivity index (χ2n) is 9.95. The summed E-state index contributed by atoms with van der Waals surface area (Å²) >= 11 is 0. The molecule has 172 valence electrons. The maximum atomic E-state index is 11.2. The van der Waals surface area contributed by atoms with Gasteiger partial charge in [0, 0.05) is 6.42 Å². The average molecular weight is 445 g/mol. The lowest BCUT2D eigenvalue weighted by molar-refractivity contribution is -0.140. The number of esters is 1. The number of hydrogen-bond acceptors (Lipinski definition) is 4. The second-order valence-corrected chi connectivity index (χ2v) is 18.9. The number of hydrogen-bond donors (Lipinski definition) is 0. The molecule has 0 aliphatic rings. The van der Waals surface area contributed by atoms with Crippen molar-refractivity contribution >= 4 is 22.6 Å². The van der Waals surface area contributed by atoms with Crippen molar-refractivity contribution in [1.82, 2.24) is 0 Å². The third kappa shape index (κ3) is 19.3. The highest BCUT2D eigenvalue weighted by Gasteiger charge is 2.22. The van der Waals surface area contributed by atoms with Gasteiger partial charge in [-0.2, -0.15) is 0 Å². The van der Waals surface area contributed by atoms with E-state index in [0.717, 1.165) is 38.5 Å². The minimum atomic E-state index is -1.61. The third-order valence-electron chi connectivity index (χ3n) is 4.49. The van der Waals surface area contributed by atoms with Gasteiger partial charge in [-0.05, 0) is 58.5 Å². The Bertz CT molecular complexity index is 453. The molecular weight excluding hydrogens is 396 g/mol. The normalized spacial score (nSPS) is 14.9. The zero-order chi connectivity index (χ0) is 22.3. The van der Waals surface area contributed by atoms with E-state index in [1.165, 1.54) is 26.4 Å². The molecule has 0 bridgehead atoms. The molecule has 0 spiro atoms. The van der Waals surface area contributed by atoms with Gasteiger partial charge in [-0.25, -0.2) is 0 Å². The molecule has 0 fully saturated rings. The number of carbonyl (C=O) groups excluding carboxylic acids is 1. The molecule has 0 saturated carbocycles. The Labute approximate surface area is 183 Å². The van der Waals surface area contributed by atoms with Crippen molar-refractivity contribution in [3.63, 3.8) is 0 Å². The van der Waals surface area contributed by atoms with E-state index in [-0.39, 0.29) is 18.2 Å². The average Bonchev–Trinajstić information content (AvgIpc) is 2.59. The Kier molecular flexibility index (Phi) is 15.1. The van der Waals surface area contributed by atoms with Crippen LogP contribution < -0.4 is 0 Å². The third-order valence-corrected chi connectivity index (χ3v) is 6.51. The molecule has 0 saturated heterocycles. The standard InChI is InChI=1S/C23H48O4Si2/c1-9-10-13-16-21(26-28(3,4)5)19-20-22(27-29(6,7)8)17-14-11-12-15-18-23(24)25-2/h19-22H,9-18H2,1-8H3/b20-19+/t21-,22-/m0/s1. The Morgan fingerprint density at radius 1 is 0.759 bits per heavy atom. The molecule has 0 heterocycles. The summed E-state index contributed by atoms with van der Waals surface area (Å²) in [6, 6.07) is 0.